The molecule has 0 aromatic rings. The number of hydrogen-bond donors (Lipinski definition) is 1. The minimum absolute atomic E-state index is 0.148. The van der Waals surface area contributed by atoms with Crippen molar-refractivity contribution in [2.45, 2.75) is 58.5 Å². The molecule has 0 fully saturated rings. The molecule has 0 amide bonds. The Morgan fingerprint density at radius 1 is 1.39 bits per heavy atom. The monoisotopic (exact) mass is 258 g/mol. The number of carbonyl (C=O) groups is 1. The summed E-state index contributed by atoms with van der Waals surface area (Å²) in [5.74, 6) is -0.148. The van der Waals surface area contributed by atoms with Crippen LogP contribution < -0.4 is 5.32 Å². The lowest BCUT2D eigenvalue weighted by molar-refractivity contribution is -0.150. The zero-order chi connectivity index (χ0) is 14.2. The molecule has 0 aromatic heterocycles. The summed E-state index contributed by atoms with van der Waals surface area (Å²) in [6.45, 7) is 9.64. The molecule has 0 aliphatic carbocycles. The van der Waals surface area contributed by atoms with Crippen LogP contribution in [0.3, 0.4) is 0 Å². The van der Waals surface area contributed by atoms with Crippen LogP contribution >= 0.6 is 0 Å². The molecule has 0 spiro atoms. The summed E-state index contributed by atoms with van der Waals surface area (Å²) in [5, 5.41) is 3.09. The maximum Gasteiger partial charge on any atom is 0.326 e. The molecule has 0 saturated carbocycles. The molecule has 4 nitrogen and oxygen atoms in total. The van der Waals surface area contributed by atoms with Gasteiger partial charge in [0.15, 0.2) is 0 Å². The Morgan fingerprint density at radius 3 is 2.44 bits per heavy atom. The third-order valence-corrected chi connectivity index (χ3v) is 3.60. The van der Waals surface area contributed by atoms with Crippen molar-refractivity contribution in [3.63, 3.8) is 0 Å². The molecule has 0 aliphatic heterocycles. The highest BCUT2D eigenvalue weighted by Gasteiger charge is 2.32. The molecule has 0 bridgehead atoms. The second-order valence-corrected chi connectivity index (χ2v) is 5.33. The van der Waals surface area contributed by atoms with E-state index in [9.17, 15) is 4.79 Å². The number of nitrogens with one attached hydrogen (secondary N) is 1. The highest BCUT2D eigenvalue weighted by molar-refractivity contribution is 5.80. The van der Waals surface area contributed by atoms with Gasteiger partial charge in [-0.3, -0.25) is 4.79 Å². The molecule has 0 radical (unpaired) electrons. The number of unbranched alkanes of at least 4 members (excludes halogenated alkanes) is 1. The van der Waals surface area contributed by atoms with Crippen LogP contribution in [0.4, 0.5) is 0 Å². The SMILES string of the molecule is CCOC(=O)C(C)(CCCCN(C)C(C)C)NC. The van der Waals surface area contributed by atoms with Gasteiger partial charge in [-0.2, -0.15) is 0 Å². The van der Waals surface area contributed by atoms with Crippen molar-refractivity contribution in [3.05, 3.63) is 0 Å². The van der Waals surface area contributed by atoms with Crippen molar-refractivity contribution < 1.29 is 9.53 Å². The summed E-state index contributed by atoms with van der Waals surface area (Å²) in [5.41, 5.74) is -0.549. The Hall–Kier alpha value is -0.610. The number of carbonyl (C=O) groups excluding carboxylic acids is 1. The lowest BCUT2D eigenvalue weighted by Gasteiger charge is -2.27. The maximum atomic E-state index is 11.8. The van der Waals surface area contributed by atoms with Gasteiger partial charge in [-0.15, -0.1) is 0 Å². The van der Waals surface area contributed by atoms with Gasteiger partial charge in [-0.1, -0.05) is 0 Å². The van der Waals surface area contributed by atoms with Crippen LogP contribution in [0.2, 0.25) is 0 Å². The van der Waals surface area contributed by atoms with Gasteiger partial charge in [0.05, 0.1) is 6.61 Å². The van der Waals surface area contributed by atoms with Crippen LogP contribution in [-0.2, 0) is 9.53 Å². The first-order chi connectivity index (χ1) is 8.37. The standard InChI is InChI=1S/C14H30N2O2/c1-7-18-13(17)14(4,15-5)10-8-9-11-16(6)12(2)3/h12,15H,7-11H2,1-6H3. The van der Waals surface area contributed by atoms with Crippen molar-refractivity contribution in [2.24, 2.45) is 0 Å². The minimum Gasteiger partial charge on any atom is -0.465 e. The number of rotatable bonds is 9. The third-order valence-electron chi connectivity index (χ3n) is 3.60. The first-order valence-electron chi connectivity index (χ1n) is 6.93. The molecule has 1 unspecified atom stereocenters. The summed E-state index contributed by atoms with van der Waals surface area (Å²) >= 11 is 0. The molecular weight excluding hydrogens is 228 g/mol. The quantitative estimate of drug-likeness (QED) is 0.507. The number of nitrogens with zero attached hydrogens (tertiary/aromatic N) is 1. The van der Waals surface area contributed by atoms with E-state index < -0.39 is 5.54 Å². The topological polar surface area (TPSA) is 41.6 Å². The smallest absolute Gasteiger partial charge is 0.326 e. The highest BCUT2D eigenvalue weighted by Crippen LogP contribution is 2.16. The normalized spacial score (nSPS) is 14.9. The molecule has 18 heavy (non-hydrogen) atoms. The fraction of sp³-hybridized carbons (Fsp3) is 0.929. The van der Waals surface area contributed by atoms with Crippen molar-refractivity contribution in [3.8, 4) is 0 Å². The zero-order valence-corrected chi connectivity index (χ0v) is 12.9. The van der Waals surface area contributed by atoms with E-state index in [1.807, 2.05) is 20.9 Å². The maximum absolute atomic E-state index is 11.8. The van der Waals surface area contributed by atoms with Gasteiger partial charge in [0.25, 0.3) is 0 Å². The number of hydrogen-bond acceptors (Lipinski definition) is 4. The molecule has 1 N–H and O–H groups in total. The predicted octanol–water partition coefficient (Wildman–Crippen LogP) is 2.04. The van der Waals surface area contributed by atoms with Crippen molar-refractivity contribution >= 4 is 5.97 Å². The number of likely N-dealkylation sites (N-methyl/N-ethyl adjacent to an activating group) is 1. The predicted molar refractivity (Wildman–Crippen MR) is 75.7 cm³/mol. The average Bonchev–Trinajstić information content (AvgIpc) is 2.34. The van der Waals surface area contributed by atoms with Gasteiger partial charge in [-0.05, 0) is 67.6 Å². The van der Waals surface area contributed by atoms with E-state index in [-0.39, 0.29) is 5.97 Å². The Bertz CT molecular complexity index is 244. The average molecular weight is 258 g/mol. The molecule has 0 aliphatic rings. The van der Waals surface area contributed by atoms with Crippen molar-refractivity contribution in [2.75, 3.05) is 27.2 Å². The van der Waals surface area contributed by atoms with E-state index in [1.54, 1.807) is 0 Å². The van der Waals surface area contributed by atoms with Crippen molar-refractivity contribution in [1.82, 2.24) is 10.2 Å². The first kappa shape index (κ1) is 17.4. The molecule has 0 heterocycles. The Morgan fingerprint density at radius 2 is 2.00 bits per heavy atom. The summed E-state index contributed by atoms with van der Waals surface area (Å²) < 4.78 is 5.10. The Kier molecular flexibility index (Phi) is 8.20. The van der Waals surface area contributed by atoms with Crippen molar-refractivity contribution in [1.29, 1.82) is 0 Å². The summed E-state index contributed by atoms with van der Waals surface area (Å²) in [6.07, 6.45) is 2.94. The Labute approximate surface area is 112 Å². The molecule has 108 valence electrons. The van der Waals surface area contributed by atoms with E-state index >= 15 is 0 Å². The summed E-state index contributed by atoms with van der Waals surface area (Å²) in [6, 6.07) is 0.575. The van der Waals surface area contributed by atoms with Crippen LogP contribution in [-0.4, -0.2) is 49.7 Å². The second-order valence-electron chi connectivity index (χ2n) is 5.33. The van der Waals surface area contributed by atoms with Crippen LogP contribution in [0.1, 0.15) is 47.0 Å². The Balaban J connectivity index is 4.04. The molecule has 0 aromatic carbocycles. The number of esters is 1. The summed E-state index contributed by atoms with van der Waals surface area (Å²) in [4.78, 5) is 14.2. The number of ether oxygens (including phenoxy) is 1. The van der Waals surface area contributed by atoms with E-state index in [1.165, 1.54) is 0 Å². The van der Waals surface area contributed by atoms with Crippen LogP contribution in [0, 0.1) is 0 Å². The minimum atomic E-state index is -0.549. The van der Waals surface area contributed by atoms with Crippen LogP contribution in [0.25, 0.3) is 0 Å². The lowest BCUT2D eigenvalue weighted by atomic mass is 9.95. The second kappa shape index (κ2) is 8.48. The zero-order valence-electron chi connectivity index (χ0n) is 12.9. The van der Waals surface area contributed by atoms with E-state index in [0.717, 1.165) is 25.8 Å². The molecular formula is C14H30N2O2. The van der Waals surface area contributed by atoms with E-state index in [2.05, 4.69) is 31.1 Å². The third kappa shape index (κ3) is 5.83. The molecule has 4 heteroatoms. The highest BCUT2D eigenvalue weighted by atomic mass is 16.5. The van der Waals surface area contributed by atoms with Crippen LogP contribution in [0.5, 0.6) is 0 Å². The lowest BCUT2D eigenvalue weighted by Crippen LogP contribution is -2.48. The molecule has 0 saturated heterocycles. The summed E-state index contributed by atoms with van der Waals surface area (Å²) in [7, 11) is 3.95. The molecule has 1 atom stereocenters. The van der Waals surface area contributed by atoms with Gasteiger partial charge < -0.3 is 15.0 Å². The van der Waals surface area contributed by atoms with Gasteiger partial charge in [-0.25, -0.2) is 0 Å². The largest absolute Gasteiger partial charge is 0.465 e. The van der Waals surface area contributed by atoms with Crippen LogP contribution in [0.15, 0.2) is 0 Å². The molecule has 0 rings (SSSR count). The van der Waals surface area contributed by atoms with E-state index in [4.69, 9.17) is 4.74 Å². The first-order valence-corrected chi connectivity index (χ1v) is 6.93. The fourth-order valence-corrected chi connectivity index (χ4v) is 1.72. The fourth-order valence-electron chi connectivity index (χ4n) is 1.72. The van der Waals surface area contributed by atoms with Gasteiger partial charge in [0.2, 0.25) is 0 Å². The van der Waals surface area contributed by atoms with E-state index in [0.29, 0.717) is 12.6 Å². The van der Waals surface area contributed by atoms with Gasteiger partial charge in [0.1, 0.15) is 5.54 Å². The van der Waals surface area contributed by atoms with Gasteiger partial charge in [0, 0.05) is 6.04 Å². The van der Waals surface area contributed by atoms with Gasteiger partial charge >= 0.3 is 5.97 Å².